The van der Waals surface area contributed by atoms with Gasteiger partial charge in [0.1, 0.15) is 5.25 Å². The molecule has 1 aromatic carbocycles. The van der Waals surface area contributed by atoms with E-state index in [0.717, 1.165) is 25.1 Å². The van der Waals surface area contributed by atoms with Crippen molar-refractivity contribution >= 4 is 10.1 Å². The Hall–Kier alpha value is -1.08. The first-order chi connectivity index (χ1) is 7.14. The van der Waals surface area contributed by atoms with Crippen molar-refractivity contribution in [2.75, 3.05) is 0 Å². The minimum Gasteiger partial charge on any atom is -0.285 e. The molecule has 3 nitrogen and oxygen atoms in total. The van der Waals surface area contributed by atoms with Gasteiger partial charge >= 0.3 is 6.18 Å². The van der Waals surface area contributed by atoms with Crippen molar-refractivity contribution in [1.29, 1.82) is 0 Å². The van der Waals surface area contributed by atoms with Crippen LogP contribution in [0.2, 0.25) is 0 Å². The highest BCUT2D eigenvalue weighted by Gasteiger charge is 2.36. The third-order valence-corrected chi connectivity index (χ3v) is 3.30. The maximum absolute atomic E-state index is 12.5. The van der Waals surface area contributed by atoms with Crippen LogP contribution in [-0.2, 0) is 16.3 Å². The maximum Gasteiger partial charge on any atom is 0.416 e. The second kappa shape index (κ2) is 4.06. The van der Waals surface area contributed by atoms with Gasteiger partial charge in [0.05, 0.1) is 5.56 Å². The van der Waals surface area contributed by atoms with Crippen molar-refractivity contribution < 1.29 is 26.1 Å². The standard InChI is InChI=1S/C9H9F3O3S/c1-6(16(13,14)15)7-4-2-3-5-8(7)9(10,11)12/h2-6H,1H3,(H,13,14,15). The van der Waals surface area contributed by atoms with Gasteiger partial charge in [0.15, 0.2) is 0 Å². The third kappa shape index (κ3) is 2.73. The minimum atomic E-state index is -4.64. The van der Waals surface area contributed by atoms with E-state index in [-0.39, 0.29) is 0 Å². The van der Waals surface area contributed by atoms with Gasteiger partial charge in [-0.15, -0.1) is 0 Å². The number of rotatable bonds is 2. The molecule has 1 unspecified atom stereocenters. The molecule has 90 valence electrons. The quantitative estimate of drug-likeness (QED) is 0.825. The van der Waals surface area contributed by atoms with E-state index >= 15 is 0 Å². The fraction of sp³-hybridized carbons (Fsp3) is 0.333. The van der Waals surface area contributed by atoms with Crippen LogP contribution in [-0.4, -0.2) is 13.0 Å². The smallest absolute Gasteiger partial charge is 0.285 e. The number of halogens is 3. The summed E-state index contributed by atoms with van der Waals surface area (Å²) in [5.74, 6) is 0. The molecule has 1 rings (SSSR count). The van der Waals surface area contributed by atoms with Crippen LogP contribution in [0.25, 0.3) is 0 Å². The first-order valence-corrected chi connectivity index (χ1v) is 5.77. The molecule has 0 heterocycles. The Labute approximate surface area is 90.7 Å². The average molecular weight is 254 g/mol. The molecule has 0 aliphatic carbocycles. The van der Waals surface area contributed by atoms with Gasteiger partial charge in [-0.25, -0.2) is 0 Å². The van der Waals surface area contributed by atoms with Crippen molar-refractivity contribution in [3.63, 3.8) is 0 Å². The first-order valence-electron chi connectivity index (χ1n) is 4.26. The van der Waals surface area contributed by atoms with Crippen LogP contribution < -0.4 is 0 Å². The number of alkyl halides is 3. The van der Waals surface area contributed by atoms with Crippen molar-refractivity contribution in [2.45, 2.75) is 18.3 Å². The molecule has 0 saturated carbocycles. The molecule has 0 fully saturated rings. The Morgan fingerprint density at radius 2 is 1.75 bits per heavy atom. The zero-order valence-corrected chi connectivity index (χ0v) is 9.01. The Morgan fingerprint density at radius 3 is 2.19 bits per heavy atom. The predicted octanol–water partition coefficient (Wildman–Crippen LogP) is 2.65. The zero-order chi connectivity index (χ0) is 12.6. The molecular weight excluding hydrogens is 245 g/mol. The summed E-state index contributed by atoms with van der Waals surface area (Å²) in [6, 6.07) is 4.24. The van der Waals surface area contributed by atoms with Gasteiger partial charge in [0.25, 0.3) is 10.1 Å². The summed E-state index contributed by atoms with van der Waals surface area (Å²) in [4.78, 5) is 0. The molecule has 0 bridgehead atoms. The topological polar surface area (TPSA) is 54.4 Å². The Balaban J connectivity index is 3.36. The summed E-state index contributed by atoms with van der Waals surface area (Å²) in [6.07, 6.45) is -4.64. The third-order valence-electron chi connectivity index (χ3n) is 2.15. The lowest BCUT2D eigenvalue weighted by molar-refractivity contribution is -0.138. The fourth-order valence-electron chi connectivity index (χ4n) is 1.27. The van der Waals surface area contributed by atoms with Crippen LogP contribution in [0.15, 0.2) is 24.3 Å². The lowest BCUT2D eigenvalue weighted by atomic mass is 10.0. The van der Waals surface area contributed by atoms with E-state index in [9.17, 15) is 21.6 Å². The lowest BCUT2D eigenvalue weighted by Gasteiger charge is -2.15. The van der Waals surface area contributed by atoms with Gasteiger partial charge in [-0.3, -0.25) is 4.55 Å². The van der Waals surface area contributed by atoms with Gasteiger partial charge < -0.3 is 0 Å². The van der Waals surface area contributed by atoms with E-state index in [2.05, 4.69) is 0 Å². The van der Waals surface area contributed by atoms with Gasteiger partial charge in [0.2, 0.25) is 0 Å². The molecule has 1 aromatic rings. The molecule has 1 N–H and O–H groups in total. The number of hydrogen-bond acceptors (Lipinski definition) is 2. The van der Waals surface area contributed by atoms with Gasteiger partial charge in [0, 0.05) is 0 Å². The zero-order valence-electron chi connectivity index (χ0n) is 8.19. The fourth-order valence-corrected chi connectivity index (χ4v) is 1.80. The molecule has 0 aliphatic rings. The molecule has 7 heteroatoms. The Bertz CT molecular complexity index is 479. The number of hydrogen-bond donors (Lipinski definition) is 1. The SMILES string of the molecule is CC(c1ccccc1C(F)(F)F)S(=O)(=O)O. The Kier molecular flexibility index (Phi) is 3.30. The van der Waals surface area contributed by atoms with Crippen molar-refractivity contribution in [3.8, 4) is 0 Å². The second-order valence-electron chi connectivity index (χ2n) is 3.24. The van der Waals surface area contributed by atoms with E-state index in [1.54, 1.807) is 0 Å². The van der Waals surface area contributed by atoms with Crippen LogP contribution >= 0.6 is 0 Å². The largest absolute Gasteiger partial charge is 0.416 e. The average Bonchev–Trinajstić information content (AvgIpc) is 2.14. The van der Waals surface area contributed by atoms with Crippen LogP contribution in [0, 0.1) is 0 Å². The molecular formula is C9H9F3O3S. The maximum atomic E-state index is 12.5. The summed E-state index contributed by atoms with van der Waals surface area (Å²) in [5.41, 5.74) is -1.52. The summed E-state index contributed by atoms with van der Waals surface area (Å²) in [6.45, 7) is 1.000. The van der Waals surface area contributed by atoms with Crippen LogP contribution in [0.5, 0.6) is 0 Å². The van der Waals surface area contributed by atoms with Crippen molar-refractivity contribution in [3.05, 3.63) is 35.4 Å². The Morgan fingerprint density at radius 1 is 1.25 bits per heavy atom. The highest BCUT2D eigenvalue weighted by atomic mass is 32.2. The molecule has 0 saturated heterocycles. The van der Waals surface area contributed by atoms with E-state index in [4.69, 9.17) is 4.55 Å². The first kappa shape index (κ1) is 13.0. The normalized spacial score (nSPS) is 14.8. The van der Waals surface area contributed by atoms with E-state index in [0.29, 0.717) is 0 Å². The molecule has 1 atom stereocenters. The predicted molar refractivity (Wildman–Crippen MR) is 51.4 cm³/mol. The molecule has 0 aliphatic heterocycles. The molecule has 16 heavy (non-hydrogen) atoms. The summed E-state index contributed by atoms with van der Waals surface area (Å²) in [7, 11) is -4.54. The molecule has 0 amide bonds. The van der Waals surface area contributed by atoms with E-state index in [1.807, 2.05) is 0 Å². The van der Waals surface area contributed by atoms with Crippen molar-refractivity contribution in [1.82, 2.24) is 0 Å². The minimum absolute atomic E-state index is 0.461. The van der Waals surface area contributed by atoms with Crippen molar-refractivity contribution in [2.24, 2.45) is 0 Å². The lowest BCUT2D eigenvalue weighted by Crippen LogP contribution is -2.15. The monoisotopic (exact) mass is 254 g/mol. The van der Waals surface area contributed by atoms with E-state index in [1.165, 1.54) is 6.07 Å². The van der Waals surface area contributed by atoms with Crippen LogP contribution in [0.3, 0.4) is 0 Å². The summed E-state index contributed by atoms with van der Waals surface area (Å²) in [5, 5.41) is -1.61. The molecule has 0 spiro atoms. The highest BCUT2D eigenvalue weighted by molar-refractivity contribution is 7.86. The van der Waals surface area contributed by atoms with Gasteiger partial charge in [-0.05, 0) is 18.6 Å². The van der Waals surface area contributed by atoms with E-state index < -0.39 is 32.7 Å². The van der Waals surface area contributed by atoms with Gasteiger partial charge in [-0.2, -0.15) is 21.6 Å². The van der Waals surface area contributed by atoms with Gasteiger partial charge in [-0.1, -0.05) is 18.2 Å². The van der Waals surface area contributed by atoms with Crippen LogP contribution in [0.4, 0.5) is 13.2 Å². The highest BCUT2D eigenvalue weighted by Crippen LogP contribution is 2.36. The second-order valence-corrected chi connectivity index (χ2v) is 4.98. The number of benzene rings is 1. The molecule has 0 aromatic heterocycles. The van der Waals surface area contributed by atoms with Crippen LogP contribution in [0.1, 0.15) is 23.3 Å². The molecule has 0 radical (unpaired) electrons. The summed E-state index contributed by atoms with van der Waals surface area (Å²) < 4.78 is 67.9. The summed E-state index contributed by atoms with van der Waals surface area (Å²) >= 11 is 0.